The first kappa shape index (κ1) is 28.3. The van der Waals surface area contributed by atoms with E-state index < -0.39 is 0 Å². The van der Waals surface area contributed by atoms with Crippen LogP contribution in [-0.4, -0.2) is 85.3 Å². The molecule has 2 fully saturated rings. The van der Waals surface area contributed by atoms with Gasteiger partial charge in [-0.05, 0) is 57.1 Å². The number of halogens is 1. The SMILES string of the molecule is C=CC(=O)N1CC2COc3c(OC[C@@H]4CCCN4C)nc4c(c3N2C[C@@H]1CC#N)CCN(c1cccc2sc(Cl)cc12)C4. The molecule has 0 bridgehead atoms. The average molecular weight is 619 g/mol. The molecule has 11 heteroatoms. The predicted molar refractivity (Wildman–Crippen MR) is 170 cm³/mol. The molecule has 43 heavy (non-hydrogen) atoms. The van der Waals surface area contributed by atoms with Crippen molar-refractivity contribution in [2.24, 2.45) is 0 Å². The number of likely N-dealkylation sites (tertiary alicyclic amines) is 1. The van der Waals surface area contributed by atoms with E-state index in [1.54, 1.807) is 16.2 Å². The first-order valence-corrected chi connectivity index (χ1v) is 16.2. The van der Waals surface area contributed by atoms with Crippen molar-refractivity contribution < 1.29 is 14.3 Å². The second-order valence-electron chi connectivity index (χ2n) is 11.8. The number of anilines is 2. The van der Waals surface area contributed by atoms with Gasteiger partial charge in [-0.15, -0.1) is 11.3 Å². The van der Waals surface area contributed by atoms with Crippen molar-refractivity contribution in [3.63, 3.8) is 0 Å². The lowest BCUT2D eigenvalue weighted by molar-refractivity contribution is -0.129. The zero-order valence-corrected chi connectivity index (χ0v) is 25.9. The van der Waals surface area contributed by atoms with E-state index in [9.17, 15) is 10.1 Å². The summed E-state index contributed by atoms with van der Waals surface area (Å²) in [5.41, 5.74) is 4.31. The van der Waals surface area contributed by atoms with Gasteiger partial charge in [0, 0.05) is 47.0 Å². The van der Waals surface area contributed by atoms with Crippen LogP contribution in [0.15, 0.2) is 36.9 Å². The molecule has 0 N–H and O–H groups in total. The fourth-order valence-corrected chi connectivity index (χ4v) is 8.29. The van der Waals surface area contributed by atoms with Crippen LogP contribution in [0.4, 0.5) is 11.4 Å². The summed E-state index contributed by atoms with van der Waals surface area (Å²) in [6.07, 6.45) is 4.65. The summed E-state index contributed by atoms with van der Waals surface area (Å²) in [6, 6.07) is 10.8. The monoisotopic (exact) mass is 618 g/mol. The minimum Gasteiger partial charge on any atom is -0.484 e. The number of carbonyl (C=O) groups excluding carboxylic acids is 1. The molecule has 3 aromatic rings. The predicted octanol–water partition coefficient (Wildman–Crippen LogP) is 4.86. The van der Waals surface area contributed by atoms with Crippen molar-refractivity contribution in [2.75, 3.05) is 56.2 Å². The van der Waals surface area contributed by atoms with E-state index in [-0.39, 0.29) is 24.4 Å². The van der Waals surface area contributed by atoms with E-state index in [1.807, 2.05) is 0 Å². The third-order valence-electron chi connectivity index (χ3n) is 9.37. The van der Waals surface area contributed by atoms with E-state index in [0.717, 1.165) is 58.3 Å². The summed E-state index contributed by atoms with van der Waals surface area (Å²) in [4.78, 5) is 26.7. The number of nitriles is 1. The lowest BCUT2D eigenvalue weighted by atomic mass is 9.95. The van der Waals surface area contributed by atoms with Crippen LogP contribution in [0.1, 0.15) is 30.5 Å². The molecule has 1 aromatic carbocycles. The normalized spacial score (nSPS) is 23.3. The highest BCUT2D eigenvalue weighted by atomic mass is 35.5. The topological polar surface area (TPSA) is 85.2 Å². The Balaban J connectivity index is 1.27. The number of ether oxygens (including phenoxy) is 2. The van der Waals surface area contributed by atoms with Crippen LogP contribution in [0.25, 0.3) is 10.1 Å². The Morgan fingerprint density at radius 1 is 1.33 bits per heavy atom. The van der Waals surface area contributed by atoms with Crippen molar-refractivity contribution in [3.05, 3.63) is 52.5 Å². The van der Waals surface area contributed by atoms with Gasteiger partial charge in [-0.25, -0.2) is 4.98 Å². The van der Waals surface area contributed by atoms with E-state index in [4.69, 9.17) is 26.1 Å². The maximum atomic E-state index is 12.8. The van der Waals surface area contributed by atoms with Gasteiger partial charge in [-0.2, -0.15) is 5.26 Å². The van der Waals surface area contributed by atoms with Crippen molar-refractivity contribution in [1.82, 2.24) is 14.8 Å². The second-order valence-corrected chi connectivity index (χ2v) is 13.6. The number of carbonyl (C=O) groups is 1. The van der Waals surface area contributed by atoms with Gasteiger partial charge < -0.3 is 29.1 Å². The lowest BCUT2D eigenvalue weighted by Crippen LogP contribution is -2.62. The molecule has 0 aliphatic carbocycles. The quantitative estimate of drug-likeness (QED) is 0.362. The molecule has 2 saturated heterocycles. The van der Waals surface area contributed by atoms with Gasteiger partial charge in [0.2, 0.25) is 11.7 Å². The van der Waals surface area contributed by atoms with E-state index >= 15 is 0 Å². The zero-order chi connectivity index (χ0) is 29.7. The minimum absolute atomic E-state index is 0.0358. The third-order valence-corrected chi connectivity index (χ3v) is 10.6. The number of nitrogens with zero attached hydrogens (tertiary/aromatic N) is 6. The molecule has 0 saturated carbocycles. The van der Waals surface area contributed by atoms with Gasteiger partial charge >= 0.3 is 0 Å². The first-order chi connectivity index (χ1) is 20.9. The average Bonchev–Trinajstić information content (AvgIpc) is 3.62. The molecule has 4 aliphatic heterocycles. The van der Waals surface area contributed by atoms with Crippen LogP contribution < -0.4 is 19.3 Å². The molecule has 3 atom stereocenters. The standard InChI is InChI=1S/C32H35ClN6O3S/c1-3-29(40)38-16-22-19-41-31-30(39(22)15-20(38)9-11-34)23-10-13-37(26-7-4-8-27-24(26)14-28(33)43-27)17-25(23)35-32(31)42-18-21-6-5-12-36(21)2/h3-4,7-8,14,20-22H,1,5-6,9-10,12-13,15-19H2,2H3/t20-,21-,22?/m0/s1. The number of amides is 1. The Bertz CT molecular complexity index is 1620. The van der Waals surface area contributed by atoms with E-state index in [1.165, 1.54) is 17.2 Å². The molecule has 0 radical (unpaired) electrons. The van der Waals surface area contributed by atoms with Crippen molar-refractivity contribution >= 4 is 50.3 Å². The molecule has 7 rings (SSSR count). The largest absolute Gasteiger partial charge is 0.484 e. The van der Waals surface area contributed by atoms with Gasteiger partial charge in [-0.3, -0.25) is 4.79 Å². The molecular weight excluding hydrogens is 584 g/mol. The smallest absolute Gasteiger partial charge is 0.259 e. The summed E-state index contributed by atoms with van der Waals surface area (Å²) in [7, 11) is 2.15. The highest BCUT2D eigenvalue weighted by Crippen LogP contribution is 2.48. The number of aromatic nitrogens is 1. The molecule has 224 valence electrons. The fourth-order valence-electron chi connectivity index (χ4n) is 7.12. The Hall–Kier alpha value is -3.52. The third kappa shape index (κ3) is 5.07. The van der Waals surface area contributed by atoms with Crippen molar-refractivity contribution in [1.29, 1.82) is 5.26 Å². The summed E-state index contributed by atoms with van der Waals surface area (Å²) >= 11 is 8.01. The van der Waals surface area contributed by atoms with Crippen LogP contribution in [0.2, 0.25) is 4.34 Å². The molecule has 1 unspecified atom stereocenters. The highest BCUT2D eigenvalue weighted by molar-refractivity contribution is 7.22. The Morgan fingerprint density at radius 2 is 2.21 bits per heavy atom. The van der Waals surface area contributed by atoms with Gasteiger partial charge in [0.25, 0.3) is 5.88 Å². The van der Waals surface area contributed by atoms with Crippen molar-refractivity contribution in [2.45, 2.75) is 50.4 Å². The maximum Gasteiger partial charge on any atom is 0.259 e. The number of pyridine rings is 1. The fraction of sp³-hybridized carbons (Fsp3) is 0.469. The van der Waals surface area contributed by atoms with E-state index in [0.29, 0.717) is 50.5 Å². The number of fused-ring (bicyclic) bond motifs is 6. The summed E-state index contributed by atoms with van der Waals surface area (Å²) in [5.74, 6) is 1.08. The number of benzene rings is 1. The highest BCUT2D eigenvalue weighted by Gasteiger charge is 2.43. The van der Waals surface area contributed by atoms with Crippen LogP contribution in [-0.2, 0) is 17.8 Å². The van der Waals surface area contributed by atoms with E-state index in [2.05, 4.69) is 58.7 Å². The molecule has 4 aliphatic rings. The summed E-state index contributed by atoms with van der Waals surface area (Å²) in [6.45, 7) is 8.21. The maximum absolute atomic E-state index is 12.8. The number of piperazine rings is 1. The number of hydrogen-bond acceptors (Lipinski definition) is 9. The molecule has 6 heterocycles. The minimum atomic E-state index is -0.237. The van der Waals surface area contributed by atoms with Gasteiger partial charge in [0.05, 0.1) is 46.8 Å². The molecule has 2 aromatic heterocycles. The Kier molecular flexibility index (Phi) is 7.58. The zero-order valence-electron chi connectivity index (χ0n) is 24.3. The number of thiophene rings is 1. The van der Waals surface area contributed by atoms with Crippen LogP contribution in [0.5, 0.6) is 11.6 Å². The van der Waals surface area contributed by atoms with Crippen molar-refractivity contribution in [3.8, 4) is 17.7 Å². The molecule has 9 nitrogen and oxygen atoms in total. The number of rotatable bonds is 6. The molecule has 0 spiro atoms. The second kappa shape index (κ2) is 11.5. The number of likely N-dealkylation sites (N-methyl/N-ethyl adjacent to an activating group) is 1. The lowest BCUT2D eigenvalue weighted by Gasteiger charge is -2.50. The summed E-state index contributed by atoms with van der Waals surface area (Å²) < 4.78 is 14.9. The van der Waals surface area contributed by atoms with Gasteiger partial charge in [0.15, 0.2) is 0 Å². The summed E-state index contributed by atoms with van der Waals surface area (Å²) in [5, 5.41) is 10.8. The van der Waals surface area contributed by atoms with Crippen LogP contribution >= 0.6 is 22.9 Å². The van der Waals surface area contributed by atoms with Gasteiger partial charge in [0.1, 0.15) is 13.2 Å². The number of hydrogen-bond donors (Lipinski definition) is 0. The molecule has 1 amide bonds. The molecular formula is C32H35ClN6O3S. The first-order valence-electron chi connectivity index (χ1n) is 15.0. The van der Waals surface area contributed by atoms with Crippen LogP contribution in [0.3, 0.4) is 0 Å². The Morgan fingerprint density at radius 3 is 3.00 bits per heavy atom. The Labute approximate surface area is 260 Å². The van der Waals surface area contributed by atoms with Crippen LogP contribution in [0, 0.1) is 11.3 Å². The van der Waals surface area contributed by atoms with Gasteiger partial charge in [-0.1, -0.05) is 24.2 Å².